The lowest BCUT2D eigenvalue weighted by Crippen LogP contribution is -2.49. The average Bonchev–Trinajstić information content (AvgIpc) is 3.07. The van der Waals surface area contributed by atoms with Crippen molar-refractivity contribution in [3.63, 3.8) is 0 Å². The molecule has 0 saturated heterocycles. The first-order valence-corrected chi connectivity index (χ1v) is 11.9. The molecule has 5 nitrogen and oxygen atoms in total. The van der Waals surface area contributed by atoms with Crippen LogP contribution in [0.5, 0.6) is 0 Å². The van der Waals surface area contributed by atoms with Gasteiger partial charge in [-0.15, -0.1) is 0 Å². The van der Waals surface area contributed by atoms with Gasteiger partial charge in [0.2, 0.25) is 5.52 Å². The Kier molecular flexibility index (Phi) is 5.74. The van der Waals surface area contributed by atoms with Crippen LogP contribution in [0.3, 0.4) is 0 Å². The van der Waals surface area contributed by atoms with E-state index in [0.29, 0.717) is 16.6 Å². The first kappa shape index (κ1) is 22.0. The summed E-state index contributed by atoms with van der Waals surface area (Å²) in [5.74, 6) is 2.12. The van der Waals surface area contributed by atoms with Gasteiger partial charge in [-0.2, -0.15) is 4.98 Å². The van der Waals surface area contributed by atoms with E-state index in [1.54, 1.807) is 5.57 Å². The Hall–Kier alpha value is -2.17. The molecule has 2 heterocycles. The maximum absolute atomic E-state index is 6.14. The Morgan fingerprint density at radius 3 is 2.87 bits per heavy atom. The van der Waals surface area contributed by atoms with Crippen LogP contribution in [0, 0.1) is 22.7 Å². The Morgan fingerprint density at radius 2 is 2.10 bits per heavy atom. The number of anilines is 1. The van der Waals surface area contributed by atoms with Gasteiger partial charge < -0.3 is 5.73 Å². The van der Waals surface area contributed by atoms with Crippen LogP contribution in [-0.4, -0.2) is 14.5 Å². The zero-order chi connectivity index (χ0) is 22.4. The van der Waals surface area contributed by atoms with Crippen molar-refractivity contribution in [3.05, 3.63) is 36.0 Å². The number of nitrogen functional groups attached to an aromatic ring is 1. The van der Waals surface area contributed by atoms with Gasteiger partial charge in [0.1, 0.15) is 0 Å². The number of hydrogen-bond donors (Lipinski definition) is 1. The molecule has 2 N–H and O–H groups in total. The highest BCUT2D eigenvalue weighted by Gasteiger charge is 2.52. The molecule has 168 valence electrons. The van der Waals surface area contributed by atoms with Crippen LogP contribution in [0.4, 0.5) is 5.82 Å². The van der Waals surface area contributed by atoms with Crippen LogP contribution in [0.25, 0.3) is 11.2 Å². The minimum atomic E-state index is 0.396. The summed E-state index contributed by atoms with van der Waals surface area (Å²) < 4.78 is 4.17. The van der Waals surface area contributed by atoms with Crippen molar-refractivity contribution < 1.29 is 4.57 Å². The summed E-state index contributed by atoms with van der Waals surface area (Å²) in [4.78, 5) is 8.56. The highest BCUT2D eigenvalue weighted by molar-refractivity contribution is 5.79. The van der Waals surface area contributed by atoms with Crippen molar-refractivity contribution in [2.45, 2.75) is 79.7 Å². The topological polar surface area (TPSA) is 60.6 Å². The lowest BCUT2D eigenvalue weighted by molar-refractivity contribution is -0.647. The molecular formula is C26H40N5+. The maximum Gasteiger partial charge on any atom is 0.307 e. The molecule has 0 spiro atoms. The molecule has 4 rings (SSSR count). The van der Waals surface area contributed by atoms with Crippen LogP contribution in [-0.2, 0) is 13.6 Å². The Morgan fingerprint density at radius 1 is 1.32 bits per heavy atom. The lowest BCUT2D eigenvalue weighted by atomic mass is 9.47. The zero-order valence-electron chi connectivity index (χ0n) is 20.3. The molecule has 0 unspecified atom stereocenters. The van der Waals surface area contributed by atoms with E-state index in [2.05, 4.69) is 67.6 Å². The third kappa shape index (κ3) is 3.70. The van der Waals surface area contributed by atoms with Gasteiger partial charge in [0, 0.05) is 0 Å². The number of aryl methyl sites for hydroxylation is 1. The van der Waals surface area contributed by atoms with Gasteiger partial charge in [0.25, 0.3) is 0 Å². The molecule has 0 aromatic carbocycles. The number of allylic oxidation sites excluding steroid dienone is 4. The summed E-state index contributed by atoms with van der Waals surface area (Å²) >= 11 is 0. The van der Waals surface area contributed by atoms with Gasteiger partial charge in [-0.3, -0.25) is 4.57 Å². The molecular weight excluding hydrogens is 382 g/mol. The summed E-state index contributed by atoms with van der Waals surface area (Å²) in [7, 11) is 2.00. The van der Waals surface area contributed by atoms with Crippen LogP contribution < -0.4 is 10.3 Å². The normalized spacial score (nSPS) is 31.5. The van der Waals surface area contributed by atoms with Gasteiger partial charge in [0.15, 0.2) is 18.5 Å². The number of hydrogen-bond acceptors (Lipinski definition) is 3. The van der Waals surface area contributed by atoms with Gasteiger partial charge in [-0.25, -0.2) is 4.57 Å². The van der Waals surface area contributed by atoms with E-state index in [-0.39, 0.29) is 0 Å². The molecule has 4 atom stereocenters. The molecule has 1 saturated carbocycles. The van der Waals surface area contributed by atoms with E-state index in [0.717, 1.165) is 36.0 Å². The van der Waals surface area contributed by atoms with Crippen LogP contribution >= 0.6 is 0 Å². The van der Waals surface area contributed by atoms with E-state index in [4.69, 9.17) is 5.73 Å². The second-order valence-corrected chi connectivity index (χ2v) is 10.7. The molecule has 0 amide bonds. The number of aromatic nitrogens is 4. The van der Waals surface area contributed by atoms with E-state index >= 15 is 0 Å². The number of rotatable bonds is 5. The minimum Gasteiger partial charge on any atom is -0.380 e. The van der Waals surface area contributed by atoms with Gasteiger partial charge >= 0.3 is 5.65 Å². The quantitative estimate of drug-likeness (QED) is 0.521. The average molecular weight is 423 g/mol. The summed E-state index contributed by atoms with van der Waals surface area (Å²) in [5.41, 5.74) is 11.8. The van der Waals surface area contributed by atoms with Crippen LogP contribution in [0.2, 0.25) is 0 Å². The fourth-order valence-electron chi connectivity index (χ4n) is 6.53. The van der Waals surface area contributed by atoms with Crippen LogP contribution in [0.15, 0.2) is 36.0 Å². The van der Waals surface area contributed by atoms with Crippen molar-refractivity contribution in [3.8, 4) is 0 Å². The molecule has 1 fully saturated rings. The number of nitrogens with two attached hydrogens (primary N) is 1. The largest absolute Gasteiger partial charge is 0.380 e. The predicted octanol–water partition coefficient (Wildman–Crippen LogP) is 5.36. The first-order valence-electron chi connectivity index (χ1n) is 11.9. The molecule has 5 heteroatoms. The molecule has 2 aliphatic rings. The molecule has 0 radical (unpaired) electrons. The Bertz CT molecular complexity index is 1030. The fourth-order valence-corrected chi connectivity index (χ4v) is 6.53. The summed E-state index contributed by atoms with van der Waals surface area (Å²) in [5, 5.41) is 0. The molecule has 2 aromatic heterocycles. The smallest absolute Gasteiger partial charge is 0.307 e. The van der Waals surface area contributed by atoms with E-state index in [1.807, 2.05) is 11.6 Å². The Labute approximate surface area is 187 Å². The van der Waals surface area contributed by atoms with Gasteiger partial charge in [-0.05, 0) is 75.0 Å². The SMILES string of the molecule is CC(=CCn1c[n+](C)c2ncnc(N)c21)CC[C@]1(C)[C@@H](C)CC[C@@]2(C)C(C)=CCC[C@@H]12. The summed E-state index contributed by atoms with van der Waals surface area (Å²) in [6, 6.07) is 0. The van der Waals surface area contributed by atoms with E-state index in [9.17, 15) is 0 Å². The standard InChI is InChI=1S/C26H40N5/c1-18(12-15-31-17-30(6)24-22(31)23(27)28-16-29-24)10-13-25(4)20(3)11-14-26(5)19(2)8-7-9-21(25)26/h8,12,16-17,20-21H,7,9-11,13-15H2,1-6H3,(H2,27,28,29)/q+1/t20-,21-,25+,26-/m0/s1. The third-order valence-corrected chi connectivity index (χ3v) is 9.05. The highest BCUT2D eigenvalue weighted by Crippen LogP contribution is 2.61. The maximum atomic E-state index is 6.14. The number of imidazole rings is 1. The van der Waals surface area contributed by atoms with Crippen molar-refractivity contribution in [2.24, 2.45) is 29.7 Å². The second-order valence-electron chi connectivity index (χ2n) is 10.7. The van der Waals surface area contributed by atoms with Crippen molar-refractivity contribution in [1.29, 1.82) is 0 Å². The number of nitrogens with zero attached hydrogens (tertiary/aromatic N) is 4. The van der Waals surface area contributed by atoms with Crippen molar-refractivity contribution >= 4 is 17.0 Å². The zero-order valence-corrected chi connectivity index (χ0v) is 20.3. The summed E-state index contributed by atoms with van der Waals surface area (Å²) in [6.07, 6.45) is 16.2. The van der Waals surface area contributed by atoms with Crippen molar-refractivity contribution in [2.75, 3.05) is 5.73 Å². The predicted molar refractivity (Wildman–Crippen MR) is 127 cm³/mol. The van der Waals surface area contributed by atoms with Crippen molar-refractivity contribution in [1.82, 2.24) is 14.5 Å². The molecule has 2 aliphatic carbocycles. The third-order valence-electron chi connectivity index (χ3n) is 9.05. The highest BCUT2D eigenvalue weighted by atomic mass is 15.2. The Balaban J connectivity index is 1.50. The molecule has 2 aromatic rings. The van der Waals surface area contributed by atoms with E-state index in [1.165, 1.54) is 44.0 Å². The molecule has 31 heavy (non-hydrogen) atoms. The van der Waals surface area contributed by atoms with Gasteiger partial charge in [0.05, 0.1) is 13.6 Å². The molecule has 0 aliphatic heterocycles. The van der Waals surface area contributed by atoms with Gasteiger partial charge in [-0.1, -0.05) is 49.1 Å². The molecule has 0 bridgehead atoms. The monoisotopic (exact) mass is 422 g/mol. The number of fused-ring (bicyclic) bond motifs is 2. The minimum absolute atomic E-state index is 0.396. The second kappa shape index (κ2) is 8.07. The summed E-state index contributed by atoms with van der Waals surface area (Å²) in [6.45, 7) is 13.1. The van der Waals surface area contributed by atoms with E-state index < -0.39 is 0 Å². The first-order chi connectivity index (χ1) is 14.7. The fraction of sp³-hybridized carbons (Fsp3) is 0.654. The van der Waals surface area contributed by atoms with Crippen LogP contribution in [0.1, 0.15) is 73.1 Å². The lowest BCUT2D eigenvalue weighted by Gasteiger charge is -2.58.